The molecule has 1 aliphatic carbocycles. The summed E-state index contributed by atoms with van der Waals surface area (Å²) in [6.45, 7) is 5.61. The second-order valence-electron chi connectivity index (χ2n) is 6.55. The van der Waals surface area contributed by atoms with E-state index in [4.69, 9.17) is 5.41 Å². The number of rotatable bonds is 7. The zero-order valence-corrected chi connectivity index (χ0v) is 16.6. The zero-order chi connectivity index (χ0) is 19.8. The molecule has 0 radical (unpaired) electrons. The number of Topliss-reactive ketones (excluding diaryl/α,β-unsaturated/α-hetero) is 1. The second-order valence-corrected chi connectivity index (χ2v) is 6.93. The molecule has 1 aromatic rings. The Balaban J connectivity index is 2.11. The zero-order valence-electron chi connectivity index (χ0n) is 15.7. The van der Waals surface area contributed by atoms with E-state index in [0.29, 0.717) is 11.1 Å². The number of carbonyl (C=O) groups excluding carboxylic acids is 2. The molecule has 0 fully saturated rings. The number of thiol groups is 1. The minimum Gasteiger partial charge on any atom is -0.292 e. The van der Waals surface area contributed by atoms with Crippen LogP contribution in [-0.4, -0.2) is 28.3 Å². The van der Waals surface area contributed by atoms with E-state index >= 15 is 0 Å². The van der Waals surface area contributed by atoms with Crippen molar-refractivity contribution in [2.45, 2.75) is 39.0 Å². The Bertz CT molecular complexity index is 809. The van der Waals surface area contributed by atoms with E-state index in [1.807, 2.05) is 37.3 Å². The van der Waals surface area contributed by atoms with Gasteiger partial charge in [0.25, 0.3) is 5.24 Å². The van der Waals surface area contributed by atoms with Crippen LogP contribution in [0.1, 0.15) is 47.7 Å². The number of allylic oxidation sites excluding steroid dienone is 3. The molecule has 0 saturated heterocycles. The molecule has 1 aliphatic rings. The lowest BCUT2D eigenvalue weighted by molar-refractivity contribution is 0.0972. The SMILES string of the molecule is C=C(/C=C\C=C/CC)C(=N)N(CC(=O)c1ccc2c(c1)CCCC2)C(=O)S. The molecule has 0 heterocycles. The van der Waals surface area contributed by atoms with E-state index in [9.17, 15) is 9.59 Å². The van der Waals surface area contributed by atoms with Gasteiger partial charge in [-0.15, -0.1) is 0 Å². The van der Waals surface area contributed by atoms with Gasteiger partial charge in [0.2, 0.25) is 0 Å². The Hall–Kier alpha value is -2.40. The molecular weight excluding hydrogens is 356 g/mol. The van der Waals surface area contributed by atoms with Crippen molar-refractivity contribution < 1.29 is 9.59 Å². The predicted molar refractivity (Wildman–Crippen MR) is 114 cm³/mol. The van der Waals surface area contributed by atoms with E-state index in [0.717, 1.165) is 30.6 Å². The van der Waals surface area contributed by atoms with Crippen LogP contribution in [0.5, 0.6) is 0 Å². The summed E-state index contributed by atoms with van der Waals surface area (Å²) in [5.74, 6) is -0.333. The molecule has 27 heavy (non-hydrogen) atoms. The molecule has 0 spiro atoms. The third-order valence-corrected chi connectivity index (χ3v) is 4.80. The average molecular weight is 383 g/mol. The molecule has 0 aliphatic heterocycles. The highest BCUT2D eigenvalue weighted by Gasteiger charge is 2.22. The number of benzene rings is 1. The maximum atomic E-state index is 12.7. The number of carbonyl (C=O) groups is 2. The summed E-state index contributed by atoms with van der Waals surface area (Å²) in [5.41, 5.74) is 3.42. The van der Waals surface area contributed by atoms with Gasteiger partial charge < -0.3 is 0 Å². The molecule has 142 valence electrons. The first-order chi connectivity index (χ1) is 12.9. The van der Waals surface area contributed by atoms with Gasteiger partial charge >= 0.3 is 0 Å². The number of aryl methyl sites for hydroxylation is 2. The van der Waals surface area contributed by atoms with Crippen molar-refractivity contribution >= 4 is 29.5 Å². The summed E-state index contributed by atoms with van der Waals surface area (Å²) in [7, 11) is 0. The Morgan fingerprint density at radius 2 is 1.93 bits per heavy atom. The summed E-state index contributed by atoms with van der Waals surface area (Å²) in [6, 6.07) is 5.73. The number of amidine groups is 1. The van der Waals surface area contributed by atoms with E-state index in [1.165, 1.54) is 17.5 Å². The van der Waals surface area contributed by atoms with Crippen molar-refractivity contribution in [1.29, 1.82) is 5.41 Å². The van der Waals surface area contributed by atoms with Crippen LogP contribution in [-0.2, 0) is 12.8 Å². The molecular formula is C22H26N2O2S. The Labute approximate surface area is 166 Å². The van der Waals surface area contributed by atoms with E-state index in [2.05, 4.69) is 19.2 Å². The number of hydrogen-bond acceptors (Lipinski definition) is 3. The van der Waals surface area contributed by atoms with Gasteiger partial charge in [0.1, 0.15) is 5.84 Å². The molecule has 4 nitrogen and oxygen atoms in total. The summed E-state index contributed by atoms with van der Waals surface area (Å²) in [4.78, 5) is 25.6. The topological polar surface area (TPSA) is 61.2 Å². The van der Waals surface area contributed by atoms with Gasteiger partial charge in [-0.2, -0.15) is 0 Å². The Morgan fingerprint density at radius 1 is 1.22 bits per heavy atom. The van der Waals surface area contributed by atoms with Crippen molar-refractivity contribution in [3.63, 3.8) is 0 Å². The number of fused-ring (bicyclic) bond motifs is 1. The van der Waals surface area contributed by atoms with Gasteiger partial charge in [0, 0.05) is 11.1 Å². The molecule has 0 unspecified atom stereocenters. The number of amides is 1. The van der Waals surface area contributed by atoms with Gasteiger partial charge in [-0.25, -0.2) is 0 Å². The van der Waals surface area contributed by atoms with Crippen molar-refractivity contribution in [3.05, 3.63) is 71.3 Å². The largest absolute Gasteiger partial charge is 0.292 e. The van der Waals surface area contributed by atoms with Gasteiger partial charge in [-0.05, 0) is 49.3 Å². The van der Waals surface area contributed by atoms with Crippen LogP contribution in [0, 0.1) is 5.41 Å². The van der Waals surface area contributed by atoms with Crippen LogP contribution in [0.4, 0.5) is 4.79 Å². The van der Waals surface area contributed by atoms with Gasteiger partial charge in [-0.1, -0.05) is 62.6 Å². The molecule has 1 amide bonds. The van der Waals surface area contributed by atoms with Crippen molar-refractivity contribution in [2.24, 2.45) is 0 Å². The molecule has 2 rings (SSSR count). The number of ketones is 1. The number of hydrogen-bond donors (Lipinski definition) is 2. The van der Waals surface area contributed by atoms with Crippen LogP contribution in [0.2, 0.25) is 0 Å². The molecule has 0 aromatic heterocycles. The lowest BCUT2D eigenvalue weighted by Crippen LogP contribution is -2.37. The molecule has 0 atom stereocenters. The second kappa shape index (κ2) is 10.1. The van der Waals surface area contributed by atoms with Crippen LogP contribution < -0.4 is 0 Å². The van der Waals surface area contributed by atoms with Crippen molar-refractivity contribution in [1.82, 2.24) is 4.90 Å². The average Bonchev–Trinajstić information content (AvgIpc) is 2.67. The van der Waals surface area contributed by atoms with Gasteiger partial charge in [0.05, 0.1) is 6.54 Å². The minimum absolute atomic E-state index is 0.123. The van der Waals surface area contributed by atoms with E-state index in [-0.39, 0.29) is 18.2 Å². The highest BCUT2D eigenvalue weighted by Crippen LogP contribution is 2.22. The van der Waals surface area contributed by atoms with Crippen LogP contribution >= 0.6 is 12.6 Å². The normalized spacial score (nSPS) is 13.6. The van der Waals surface area contributed by atoms with Crippen LogP contribution in [0.25, 0.3) is 0 Å². The standard InChI is InChI=1S/C22H26N2O2S/c1-3-4-5-6-9-16(2)21(23)24(22(26)27)15-20(25)19-13-12-17-10-7-8-11-18(17)14-19/h4-6,9,12-14,23H,2-3,7-8,10-11,15H2,1H3,(H,26,27)/b5-4-,9-6-,23-21?. The van der Waals surface area contributed by atoms with E-state index in [1.54, 1.807) is 12.2 Å². The lowest BCUT2D eigenvalue weighted by atomic mass is 9.90. The quantitative estimate of drug-likeness (QED) is 0.225. The highest BCUT2D eigenvalue weighted by atomic mass is 32.1. The molecule has 0 saturated carbocycles. The summed E-state index contributed by atoms with van der Waals surface area (Å²) >= 11 is 3.83. The fourth-order valence-electron chi connectivity index (χ4n) is 3.02. The molecule has 1 N–H and O–H groups in total. The first-order valence-corrected chi connectivity index (χ1v) is 9.65. The van der Waals surface area contributed by atoms with Crippen LogP contribution in [0.3, 0.4) is 0 Å². The molecule has 5 heteroatoms. The minimum atomic E-state index is -0.648. The first kappa shape index (κ1) is 20.9. The van der Waals surface area contributed by atoms with Gasteiger partial charge in [0.15, 0.2) is 5.78 Å². The Kier molecular flexibility index (Phi) is 7.80. The van der Waals surface area contributed by atoms with Crippen molar-refractivity contribution in [2.75, 3.05) is 6.54 Å². The summed E-state index contributed by atoms with van der Waals surface area (Å²) in [5, 5.41) is 7.55. The third-order valence-electron chi connectivity index (χ3n) is 4.56. The van der Waals surface area contributed by atoms with Crippen molar-refractivity contribution in [3.8, 4) is 0 Å². The summed E-state index contributed by atoms with van der Waals surface area (Å²) in [6.07, 6.45) is 12.5. The van der Waals surface area contributed by atoms with Crippen LogP contribution in [0.15, 0.2) is 54.7 Å². The maximum absolute atomic E-state index is 12.7. The Morgan fingerprint density at radius 3 is 2.59 bits per heavy atom. The molecule has 0 bridgehead atoms. The fourth-order valence-corrected chi connectivity index (χ4v) is 3.19. The third kappa shape index (κ3) is 5.79. The monoisotopic (exact) mass is 382 g/mol. The number of nitrogens with zero attached hydrogens (tertiary/aromatic N) is 1. The van der Waals surface area contributed by atoms with E-state index < -0.39 is 5.24 Å². The summed E-state index contributed by atoms with van der Waals surface area (Å²) < 4.78 is 0. The fraction of sp³-hybridized carbons (Fsp3) is 0.318. The van der Waals surface area contributed by atoms with Gasteiger partial charge in [-0.3, -0.25) is 19.9 Å². The highest BCUT2D eigenvalue weighted by molar-refractivity contribution is 7.96. The molecule has 1 aromatic carbocycles. The maximum Gasteiger partial charge on any atom is 0.284 e. The number of nitrogens with one attached hydrogen (secondary N) is 1. The smallest absolute Gasteiger partial charge is 0.284 e. The lowest BCUT2D eigenvalue weighted by Gasteiger charge is -2.21. The predicted octanol–water partition coefficient (Wildman–Crippen LogP) is 5.16. The first-order valence-electron chi connectivity index (χ1n) is 9.20.